The van der Waals surface area contributed by atoms with Crippen molar-refractivity contribution >= 4 is 11.9 Å². The maximum atomic E-state index is 13.0. The molecule has 6 N–H and O–H groups in total. The van der Waals surface area contributed by atoms with Gasteiger partial charge in [0.2, 0.25) is 0 Å². The number of esters is 2. The van der Waals surface area contributed by atoms with Gasteiger partial charge in [0.05, 0.1) is 54.1 Å². The summed E-state index contributed by atoms with van der Waals surface area (Å²) in [6.07, 6.45) is -7.28. The van der Waals surface area contributed by atoms with Crippen molar-refractivity contribution in [2.75, 3.05) is 20.8 Å². The molecule has 0 radical (unpaired) electrons. The maximum Gasteiger partial charge on any atom is 0.309 e. The molecule has 24 atom stereocenters. The third kappa shape index (κ3) is 9.14. The van der Waals surface area contributed by atoms with E-state index in [0.717, 1.165) is 32.1 Å². The molecule has 0 amide bonds. The summed E-state index contributed by atoms with van der Waals surface area (Å²) in [6, 6.07) is 0. The van der Waals surface area contributed by atoms with Crippen LogP contribution in [0.5, 0.6) is 0 Å². The first kappa shape index (κ1) is 52.2. The van der Waals surface area contributed by atoms with E-state index < -0.39 is 127 Å². The van der Waals surface area contributed by atoms with Crippen LogP contribution in [0.15, 0.2) is 0 Å². The Bertz CT molecular complexity index is 1670. The highest BCUT2D eigenvalue weighted by molar-refractivity contribution is 5.72. The number of methoxy groups -OCH3 is 2. The summed E-state index contributed by atoms with van der Waals surface area (Å²) in [7, 11) is 3.15. The average Bonchev–Trinajstić information content (AvgIpc) is 3.51. The lowest BCUT2D eigenvalue weighted by Gasteiger charge is -2.66. The van der Waals surface area contributed by atoms with Gasteiger partial charge in [0.15, 0.2) is 18.9 Å². The topological polar surface area (TPSA) is 248 Å². The Morgan fingerprint density at radius 2 is 1.38 bits per heavy atom. The molecule has 0 aromatic heterocycles. The largest absolute Gasteiger partial charge is 0.462 e. The Morgan fingerprint density at radius 1 is 0.758 bits per heavy atom. The molecule has 0 bridgehead atoms. The van der Waals surface area contributed by atoms with E-state index in [9.17, 15) is 40.2 Å². The zero-order valence-corrected chi connectivity index (χ0v) is 40.6. The van der Waals surface area contributed by atoms with Crippen LogP contribution in [-0.2, 0) is 57.0 Å². The zero-order chi connectivity index (χ0) is 48.3. The fourth-order valence-corrected chi connectivity index (χ4v) is 13.7. The second-order valence-electron chi connectivity index (χ2n) is 21.3. The number of hydrogen-bond acceptors (Lipinski definition) is 18. The summed E-state index contributed by atoms with van der Waals surface area (Å²) < 4.78 is 61.5. The molecule has 4 aliphatic carbocycles. The van der Waals surface area contributed by atoms with Gasteiger partial charge in [-0.25, -0.2) is 0 Å². The summed E-state index contributed by atoms with van der Waals surface area (Å²) in [4.78, 5) is 25.7. The Kier molecular flexibility index (Phi) is 16.0. The first-order valence-electron chi connectivity index (χ1n) is 24.6. The summed E-state index contributed by atoms with van der Waals surface area (Å²) >= 11 is 0. The van der Waals surface area contributed by atoms with Crippen LogP contribution in [0.2, 0.25) is 0 Å². The Morgan fingerprint density at radius 3 is 1.97 bits per heavy atom. The minimum Gasteiger partial charge on any atom is -0.462 e. The predicted molar refractivity (Wildman–Crippen MR) is 232 cm³/mol. The second-order valence-corrected chi connectivity index (χ2v) is 21.3. The first-order valence-corrected chi connectivity index (χ1v) is 24.6. The van der Waals surface area contributed by atoms with Gasteiger partial charge in [0.25, 0.3) is 0 Å². The van der Waals surface area contributed by atoms with Crippen molar-refractivity contribution in [3.05, 3.63) is 0 Å². The van der Waals surface area contributed by atoms with Crippen molar-refractivity contribution < 1.29 is 87.6 Å². The minimum absolute atomic E-state index is 0.0127. The van der Waals surface area contributed by atoms with Crippen LogP contribution in [0.3, 0.4) is 0 Å². The van der Waals surface area contributed by atoms with E-state index >= 15 is 0 Å². The SMILES string of the molecule is CCC(C)C(=O)OC(C)[C@]1(O)CC[C@]2(O)[C@@H]3CC[C@H]4C[C@@H](O[C@H]5C[C@H](OC)[C@@H](O[C@H]6C[C@@H](OC)[C@@H](O[C@@H]7O[C@H](CO)[C@@H](O)[C@H](O)[C@H]7O)[C@@H](C)O6)[C@@H](C)O5)CC[C@]4(C)[C@H]3C[C@@H](OC(C)=O)[C@]12C. The lowest BCUT2D eigenvalue weighted by atomic mass is 9.42. The van der Waals surface area contributed by atoms with Crippen molar-refractivity contribution in [3.8, 4) is 0 Å². The maximum absolute atomic E-state index is 13.0. The number of fused-ring (bicyclic) bond motifs is 5. The summed E-state index contributed by atoms with van der Waals surface area (Å²) in [6.45, 7) is 14.0. The standard InChI is InChI=1S/C48H80O18/c1-11-23(2)43(54)61-26(5)47(55)16-17-48(56)30-13-12-28-18-29(14-15-45(28,7)31(30)19-35(46(47,48)8)62-27(6)50)63-36-20-32(57-9)41(24(3)59-36)65-37-21-33(58-10)42(25(4)60-37)66-44-40(53)39(52)38(51)34(22-49)64-44/h23-26,28-42,44,49,51-53,55-56H,11-22H2,1-10H3/t23?,24-,25-,26?,28+,29+,30-,31+,32+,33-,34-,35-,36+,37+,38-,39+,40-,41+,42+,44+,45+,46-,47-,48+/m1/s1. The molecule has 18 nitrogen and oxygen atoms in total. The highest BCUT2D eigenvalue weighted by Crippen LogP contribution is 2.71. The van der Waals surface area contributed by atoms with Crippen LogP contribution in [0, 0.1) is 34.5 Å². The van der Waals surface area contributed by atoms with Gasteiger partial charge in [0.1, 0.15) is 54.4 Å². The van der Waals surface area contributed by atoms with E-state index in [4.69, 9.17) is 47.4 Å². The molecule has 18 heteroatoms. The molecule has 3 aliphatic heterocycles. The fraction of sp³-hybridized carbons (Fsp3) is 0.958. The summed E-state index contributed by atoms with van der Waals surface area (Å²) in [5.41, 5.74) is -4.45. The molecule has 3 heterocycles. The first-order chi connectivity index (χ1) is 31.1. The van der Waals surface area contributed by atoms with Crippen LogP contribution >= 0.6 is 0 Å². The van der Waals surface area contributed by atoms with Gasteiger partial charge in [-0.15, -0.1) is 0 Å². The van der Waals surface area contributed by atoms with E-state index in [1.165, 1.54) is 14.0 Å². The minimum atomic E-state index is -1.62. The van der Waals surface area contributed by atoms with E-state index in [1.807, 2.05) is 20.8 Å². The highest BCUT2D eigenvalue weighted by atomic mass is 16.8. The van der Waals surface area contributed by atoms with Crippen LogP contribution in [-0.4, -0.2) is 173 Å². The molecule has 0 aromatic rings. The van der Waals surface area contributed by atoms with Gasteiger partial charge in [-0.3, -0.25) is 9.59 Å². The fourth-order valence-electron chi connectivity index (χ4n) is 13.7. The molecule has 3 saturated heterocycles. The molecule has 66 heavy (non-hydrogen) atoms. The predicted octanol–water partition coefficient (Wildman–Crippen LogP) is 2.65. The highest BCUT2D eigenvalue weighted by Gasteiger charge is 2.77. The van der Waals surface area contributed by atoms with E-state index in [1.54, 1.807) is 27.9 Å². The summed E-state index contributed by atoms with van der Waals surface area (Å²) in [5, 5.41) is 66.4. The molecule has 7 fully saturated rings. The number of rotatable bonds is 14. The van der Waals surface area contributed by atoms with Crippen molar-refractivity contribution in [2.45, 2.75) is 235 Å². The third-order valence-electron chi connectivity index (χ3n) is 18.0. The van der Waals surface area contributed by atoms with Crippen LogP contribution in [0.4, 0.5) is 0 Å². The Balaban J connectivity index is 0.971. The van der Waals surface area contributed by atoms with Gasteiger partial charge in [0, 0.05) is 34.0 Å². The van der Waals surface area contributed by atoms with Crippen LogP contribution in [0.25, 0.3) is 0 Å². The molecule has 0 aromatic carbocycles. The Hall–Kier alpha value is -1.62. The molecule has 2 unspecified atom stereocenters. The van der Waals surface area contributed by atoms with Gasteiger partial charge in [-0.1, -0.05) is 27.7 Å². The van der Waals surface area contributed by atoms with Gasteiger partial charge in [-0.05, 0) is 102 Å². The van der Waals surface area contributed by atoms with Gasteiger partial charge < -0.3 is 78.0 Å². The third-order valence-corrected chi connectivity index (χ3v) is 18.0. The van der Waals surface area contributed by atoms with E-state index in [2.05, 4.69) is 6.92 Å². The Labute approximate surface area is 389 Å². The van der Waals surface area contributed by atoms with Crippen molar-refractivity contribution in [2.24, 2.45) is 34.5 Å². The number of aliphatic hydroxyl groups is 6. The zero-order valence-electron chi connectivity index (χ0n) is 40.6. The monoisotopic (exact) mass is 945 g/mol. The molecular formula is C48H80O18. The molecule has 7 aliphatic rings. The number of hydrogen-bond donors (Lipinski definition) is 6. The summed E-state index contributed by atoms with van der Waals surface area (Å²) in [5.74, 6) is -1.09. The number of aliphatic hydroxyl groups excluding tert-OH is 4. The van der Waals surface area contributed by atoms with Gasteiger partial charge in [-0.2, -0.15) is 0 Å². The molecular weight excluding hydrogens is 865 g/mol. The second kappa shape index (κ2) is 20.2. The van der Waals surface area contributed by atoms with Crippen LogP contribution < -0.4 is 0 Å². The normalized spacial score (nSPS) is 50.3. The smallest absolute Gasteiger partial charge is 0.309 e. The number of carbonyl (C=O) groups excluding carboxylic acids is 2. The number of ether oxygens (including phenoxy) is 10. The van der Waals surface area contributed by atoms with Crippen molar-refractivity contribution in [1.82, 2.24) is 0 Å². The van der Waals surface area contributed by atoms with E-state index in [0.29, 0.717) is 25.7 Å². The van der Waals surface area contributed by atoms with Crippen molar-refractivity contribution in [3.63, 3.8) is 0 Å². The van der Waals surface area contributed by atoms with Crippen molar-refractivity contribution in [1.29, 1.82) is 0 Å². The lowest BCUT2D eigenvalue weighted by Crippen LogP contribution is -2.72. The molecule has 7 rings (SSSR count). The molecule has 380 valence electrons. The molecule has 0 spiro atoms. The molecule has 4 saturated carbocycles. The lowest BCUT2D eigenvalue weighted by molar-refractivity contribution is -0.353. The van der Waals surface area contributed by atoms with Gasteiger partial charge >= 0.3 is 11.9 Å². The number of carbonyl (C=O) groups is 2. The van der Waals surface area contributed by atoms with E-state index in [-0.39, 0.29) is 48.0 Å². The quantitative estimate of drug-likeness (QED) is 0.108. The van der Waals surface area contributed by atoms with Crippen LogP contribution in [0.1, 0.15) is 126 Å². The average molecular weight is 945 g/mol.